The van der Waals surface area contributed by atoms with E-state index in [0.29, 0.717) is 12.1 Å². The summed E-state index contributed by atoms with van der Waals surface area (Å²) in [6, 6.07) is 7.42. The topological polar surface area (TPSA) is 33.8 Å². The summed E-state index contributed by atoms with van der Waals surface area (Å²) in [5.41, 5.74) is -13.6. The molecular formula is C36H10BBrF20N2O. The molecule has 1 aromatic heterocycles. The number of carbonyl (C=O) groups is 1. The van der Waals surface area contributed by atoms with Crippen molar-refractivity contribution in [1.29, 1.82) is 0 Å². The van der Waals surface area contributed by atoms with Crippen LogP contribution < -0.4 is 26.4 Å². The van der Waals surface area contributed by atoms with Crippen molar-refractivity contribution in [2.45, 2.75) is 6.54 Å². The number of benzene rings is 5. The van der Waals surface area contributed by atoms with Crippen molar-refractivity contribution in [3.8, 4) is 0 Å². The average Bonchev–Trinajstić information content (AvgIpc) is 3.24. The smallest absolute Gasteiger partial charge is 0.228 e. The Kier molecular flexibility index (Phi) is 13.0. The van der Waals surface area contributed by atoms with Crippen LogP contribution in [0.4, 0.5) is 87.8 Å². The maximum atomic E-state index is 15.4. The van der Waals surface area contributed by atoms with Crippen LogP contribution in [0.1, 0.15) is 10.4 Å². The summed E-state index contributed by atoms with van der Waals surface area (Å²) >= 11 is 3.37. The number of halogens is 21. The van der Waals surface area contributed by atoms with Crippen LogP contribution in [0, 0.1) is 116 Å². The van der Waals surface area contributed by atoms with Crippen LogP contribution in [0.5, 0.6) is 0 Å². The molecule has 0 radical (unpaired) electrons. The van der Waals surface area contributed by atoms with E-state index in [1.165, 1.54) is 0 Å². The van der Waals surface area contributed by atoms with E-state index >= 15 is 35.1 Å². The molecule has 1 heterocycles. The summed E-state index contributed by atoms with van der Waals surface area (Å²) < 4.78 is 297. The Morgan fingerprint density at radius 3 is 0.934 bits per heavy atom. The molecule has 3 nitrogen and oxygen atoms in total. The Morgan fingerprint density at radius 1 is 0.426 bits per heavy atom. The number of hydrogen-bond donors (Lipinski definition) is 0. The normalized spacial score (nSPS) is 11.5. The van der Waals surface area contributed by atoms with Crippen LogP contribution in [0.2, 0.25) is 0 Å². The van der Waals surface area contributed by atoms with Gasteiger partial charge in [-0.15, -0.1) is 21.9 Å². The summed E-state index contributed by atoms with van der Waals surface area (Å²) in [5.74, 6) is -71.3. The minimum Gasteiger partial charge on any atom is -0.287 e. The molecule has 0 fully saturated rings. The fourth-order valence-corrected chi connectivity index (χ4v) is 6.77. The van der Waals surface area contributed by atoms with Crippen LogP contribution in [0.15, 0.2) is 53.5 Å². The van der Waals surface area contributed by atoms with Gasteiger partial charge >= 0.3 is 0 Å². The Bertz CT molecular complexity index is 2390. The Morgan fingerprint density at radius 2 is 0.672 bits per heavy atom. The average molecular weight is 957 g/mol. The second kappa shape index (κ2) is 17.2. The second-order valence-electron chi connectivity index (χ2n) is 12.1. The van der Waals surface area contributed by atoms with Crippen molar-refractivity contribution in [2.24, 2.45) is 0 Å². The molecule has 6 rings (SSSR count). The lowest BCUT2D eigenvalue weighted by Gasteiger charge is -2.44. The Labute approximate surface area is 333 Å². The first-order chi connectivity index (χ1) is 28.5. The predicted octanol–water partition coefficient (Wildman–Crippen LogP) is 7.86. The molecule has 0 saturated heterocycles. The molecule has 0 aliphatic carbocycles. The van der Waals surface area contributed by atoms with Crippen molar-refractivity contribution in [1.82, 2.24) is 4.98 Å². The van der Waals surface area contributed by atoms with Crippen molar-refractivity contribution < 1.29 is 97.2 Å². The minimum absolute atomic E-state index is 0.0728. The number of ketones is 1. The van der Waals surface area contributed by atoms with Crippen LogP contribution in [-0.4, -0.2) is 16.9 Å². The van der Waals surface area contributed by atoms with Crippen LogP contribution in [-0.2, 0) is 6.54 Å². The molecule has 5 aromatic carbocycles. The quantitative estimate of drug-likeness (QED) is 0.0409. The van der Waals surface area contributed by atoms with E-state index in [9.17, 15) is 57.5 Å². The molecule has 0 N–H and O–H groups in total. The standard InChI is InChI=1S/C24BF20.C12H10BrN2O/c26-5-1(6(27)14(35)21(42)13(5)34)25(2-7(28)15(36)22(43)16(37)8(2)29,3-9(30)17(38)23(44)18(39)10(3)31)4-11(32)19(40)24(45)20(41)12(4)33;13-11-4-2-1-3-10(11)12(16)9-15-7-5-14-6-8-15/h;1-8H,9H2/q-1;+1. The van der Waals surface area contributed by atoms with E-state index in [-0.39, 0.29) is 5.78 Å². The molecule has 0 atom stereocenters. The number of nitrogens with zero attached hydrogens (tertiary/aromatic N) is 2. The minimum atomic E-state index is -7.22. The Balaban J connectivity index is 0.000000366. The zero-order valence-corrected chi connectivity index (χ0v) is 30.2. The summed E-state index contributed by atoms with van der Waals surface area (Å²) in [6.45, 7) is 0.325. The molecule has 0 saturated carbocycles. The third-order valence-corrected chi connectivity index (χ3v) is 9.59. The zero-order chi connectivity index (χ0) is 45.7. The predicted molar refractivity (Wildman–Crippen MR) is 172 cm³/mol. The number of rotatable bonds is 7. The molecule has 0 aliphatic rings. The highest BCUT2D eigenvalue weighted by Crippen LogP contribution is 2.31. The van der Waals surface area contributed by atoms with Crippen LogP contribution >= 0.6 is 15.9 Å². The molecule has 0 bridgehead atoms. The molecule has 61 heavy (non-hydrogen) atoms. The van der Waals surface area contributed by atoms with Gasteiger partial charge in [0.1, 0.15) is 52.7 Å². The van der Waals surface area contributed by atoms with Gasteiger partial charge in [-0.25, -0.2) is 87.8 Å². The first-order valence-electron chi connectivity index (χ1n) is 15.8. The van der Waals surface area contributed by atoms with Crippen LogP contribution in [0.3, 0.4) is 0 Å². The maximum absolute atomic E-state index is 15.4. The SMILES string of the molecule is Fc1c(F)c(F)c([B-](c2c(F)c(F)c(F)c(F)c2F)(c2c(F)c(F)c(F)c(F)c2F)c2c(F)c(F)c(F)c(F)c2F)c(F)c1F.O=C(C[n+]1ccncc1)c1ccccc1Br. The van der Waals surface area contributed by atoms with Gasteiger partial charge in [0.25, 0.3) is 0 Å². The number of aromatic nitrogens is 2. The van der Waals surface area contributed by atoms with E-state index in [0.717, 1.165) is 4.47 Å². The van der Waals surface area contributed by atoms with Gasteiger partial charge < -0.3 is 0 Å². The van der Waals surface area contributed by atoms with Crippen molar-refractivity contribution >= 4 is 49.7 Å². The lowest BCUT2D eigenvalue weighted by molar-refractivity contribution is -0.683. The number of carbonyl (C=O) groups excluding carboxylic acids is 1. The highest BCUT2D eigenvalue weighted by Gasteiger charge is 2.52. The fraction of sp³-hybridized carbons (Fsp3) is 0.0278. The molecule has 0 amide bonds. The van der Waals surface area contributed by atoms with E-state index in [2.05, 4.69) is 20.9 Å². The first kappa shape index (κ1) is 46.1. The van der Waals surface area contributed by atoms with Crippen LogP contribution in [0.25, 0.3) is 0 Å². The first-order valence-corrected chi connectivity index (χ1v) is 16.6. The largest absolute Gasteiger partial charge is 0.287 e. The van der Waals surface area contributed by atoms with Gasteiger partial charge in [-0.05, 0) is 6.07 Å². The number of hydrogen-bond acceptors (Lipinski definition) is 2. The molecule has 25 heteroatoms. The van der Waals surface area contributed by atoms with E-state index < -0.39 is 144 Å². The summed E-state index contributed by atoms with van der Waals surface area (Å²) in [6.07, 6.45) is -0.352. The molecular weight excluding hydrogens is 947 g/mol. The van der Waals surface area contributed by atoms with E-state index in [4.69, 9.17) is 0 Å². The lowest BCUT2D eigenvalue weighted by atomic mass is 9.12. The Hall–Kier alpha value is -6.01. The highest BCUT2D eigenvalue weighted by molar-refractivity contribution is 9.10. The van der Waals surface area contributed by atoms with Gasteiger partial charge in [-0.2, -0.15) is 4.57 Å². The maximum Gasteiger partial charge on any atom is 0.228 e. The summed E-state index contributed by atoms with van der Waals surface area (Å²) in [5, 5.41) is 0. The van der Waals surface area contributed by atoms with Gasteiger partial charge in [0, 0.05) is 10.0 Å². The monoisotopic (exact) mass is 956 g/mol. The van der Waals surface area contributed by atoms with Gasteiger partial charge in [-0.1, -0.05) is 34.1 Å². The van der Waals surface area contributed by atoms with Crippen molar-refractivity contribution in [3.05, 3.63) is 175 Å². The fourth-order valence-electron chi connectivity index (χ4n) is 6.27. The highest BCUT2D eigenvalue weighted by atomic mass is 79.9. The molecule has 320 valence electrons. The van der Waals surface area contributed by atoms with Crippen molar-refractivity contribution in [2.75, 3.05) is 0 Å². The second-order valence-corrected chi connectivity index (χ2v) is 13.0. The van der Waals surface area contributed by atoms with E-state index in [1.807, 2.05) is 24.3 Å². The molecule has 6 aromatic rings. The molecule has 0 unspecified atom stereocenters. The summed E-state index contributed by atoms with van der Waals surface area (Å²) in [4.78, 5) is 15.9. The van der Waals surface area contributed by atoms with Crippen molar-refractivity contribution in [3.63, 3.8) is 0 Å². The van der Waals surface area contributed by atoms with Gasteiger partial charge in [0.05, 0.1) is 12.4 Å². The number of Topliss-reactive ketones (excluding diaryl/α,β-unsaturated/α-hetero) is 1. The zero-order valence-electron chi connectivity index (χ0n) is 28.6. The molecule has 0 aliphatic heterocycles. The van der Waals surface area contributed by atoms with Gasteiger partial charge in [0.15, 0.2) is 82.2 Å². The lowest BCUT2D eigenvalue weighted by Crippen LogP contribution is -2.81. The summed E-state index contributed by atoms with van der Waals surface area (Å²) in [7, 11) is 0. The third kappa shape index (κ3) is 7.34. The third-order valence-electron chi connectivity index (χ3n) is 8.90. The van der Waals surface area contributed by atoms with E-state index in [1.54, 1.807) is 29.4 Å². The molecule has 0 spiro atoms. The van der Waals surface area contributed by atoms with Gasteiger partial charge in [-0.3, -0.25) is 9.78 Å². The van der Waals surface area contributed by atoms with Gasteiger partial charge in [0.2, 0.25) is 12.3 Å².